The van der Waals surface area contributed by atoms with Crippen molar-refractivity contribution in [3.63, 3.8) is 0 Å². The van der Waals surface area contributed by atoms with Crippen molar-refractivity contribution in [1.82, 2.24) is 0 Å². The Labute approximate surface area is 140 Å². The van der Waals surface area contributed by atoms with Crippen molar-refractivity contribution >= 4 is 22.9 Å². The van der Waals surface area contributed by atoms with Gasteiger partial charge in [-0.15, -0.1) is 11.3 Å². The van der Waals surface area contributed by atoms with E-state index in [1.165, 1.54) is 10.4 Å². The van der Waals surface area contributed by atoms with Gasteiger partial charge in [-0.3, -0.25) is 4.79 Å². The van der Waals surface area contributed by atoms with Gasteiger partial charge in [0.1, 0.15) is 11.9 Å². The lowest BCUT2D eigenvalue weighted by Gasteiger charge is -2.22. The zero-order chi connectivity index (χ0) is 16.2. The summed E-state index contributed by atoms with van der Waals surface area (Å²) in [6.45, 7) is 5.25. The fraction of sp³-hybridized carbons (Fsp3) is 0.389. The number of anilines is 1. The molecule has 1 aromatic carbocycles. The molecule has 1 aliphatic rings. The Hall–Kier alpha value is -1.85. The maximum absolute atomic E-state index is 12.3. The minimum absolute atomic E-state index is 0.0280. The third kappa shape index (κ3) is 3.74. The Morgan fingerprint density at radius 2 is 2.30 bits per heavy atom. The molecule has 0 radical (unpaired) electrons. The van der Waals surface area contributed by atoms with Crippen LogP contribution in [0.2, 0.25) is 0 Å². The third-order valence-electron chi connectivity index (χ3n) is 3.89. The summed E-state index contributed by atoms with van der Waals surface area (Å²) in [6, 6.07) is 7.82. The Balaban J connectivity index is 1.63. The predicted molar refractivity (Wildman–Crippen MR) is 92.3 cm³/mol. The molecule has 1 unspecified atom stereocenters. The fourth-order valence-corrected chi connectivity index (χ4v) is 3.80. The summed E-state index contributed by atoms with van der Waals surface area (Å²) in [4.78, 5) is 13.5. The van der Waals surface area contributed by atoms with E-state index in [0.29, 0.717) is 19.6 Å². The first-order valence-corrected chi connectivity index (χ1v) is 8.76. The highest BCUT2D eigenvalue weighted by Crippen LogP contribution is 2.34. The summed E-state index contributed by atoms with van der Waals surface area (Å²) < 4.78 is 11.3. The van der Waals surface area contributed by atoms with Gasteiger partial charge in [-0.1, -0.05) is 0 Å². The molecule has 1 amide bonds. The smallest absolute Gasteiger partial charge is 0.227 e. The molecule has 0 bridgehead atoms. The number of thiophene rings is 1. The average molecular weight is 331 g/mol. The molecule has 1 N–H and O–H groups in total. The van der Waals surface area contributed by atoms with Crippen molar-refractivity contribution in [3.05, 3.63) is 45.6 Å². The van der Waals surface area contributed by atoms with Gasteiger partial charge in [0.15, 0.2) is 0 Å². The van der Waals surface area contributed by atoms with Crippen LogP contribution in [0, 0.1) is 6.92 Å². The van der Waals surface area contributed by atoms with Gasteiger partial charge in [0.2, 0.25) is 5.91 Å². The number of carbonyl (C=O) groups excluding carboxylic acids is 1. The van der Waals surface area contributed by atoms with E-state index in [-0.39, 0.29) is 12.0 Å². The van der Waals surface area contributed by atoms with Crippen LogP contribution < -0.4 is 10.1 Å². The molecule has 23 heavy (non-hydrogen) atoms. The standard InChI is InChI=1S/C18H21NO3S/c1-3-21-15-5-4-14(10-12(15)2)19-17(20)11-16-18-13(6-8-22-16)7-9-23-18/h4-5,7,9-10,16H,3,6,8,11H2,1-2H3,(H,19,20). The molecule has 2 aromatic rings. The summed E-state index contributed by atoms with van der Waals surface area (Å²) >= 11 is 1.67. The minimum Gasteiger partial charge on any atom is -0.494 e. The molecule has 1 aliphatic heterocycles. The molecule has 0 fully saturated rings. The number of fused-ring (bicyclic) bond motifs is 1. The number of ether oxygens (including phenoxy) is 2. The van der Waals surface area contributed by atoms with Gasteiger partial charge in [0.05, 0.1) is 19.6 Å². The molecule has 5 heteroatoms. The van der Waals surface area contributed by atoms with Crippen molar-refractivity contribution < 1.29 is 14.3 Å². The number of carbonyl (C=O) groups is 1. The van der Waals surface area contributed by atoms with Crippen LogP contribution in [0.4, 0.5) is 5.69 Å². The SMILES string of the molecule is CCOc1ccc(NC(=O)CC2OCCc3ccsc32)cc1C. The Bertz CT molecular complexity index is 695. The van der Waals surface area contributed by atoms with Crippen LogP contribution in [0.3, 0.4) is 0 Å². The average Bonchev–Trinajstić information content (AvgIpc) is 3.00. The highest BCUT2D eigenvalue weighted by molar-refractivity contribution is 7.10. The van der Waals surface area contributed by atoms with E-state index in [1.54, 1.807) is 11.3 Å². The number of benzene rings is 1. The maximum atomic E-state index is 12.3. The van der Waals surface area contributed by atoms with Gasteiger partial charge in [-0.05, 0) is 61.0 Å². The minimum atomic E-state index is -0.123. The molecule has 0 saturated carbocycles. The second-order valence-electron chi connectivity index (χ2n) is 5.59. The van der Waals surface area contributed by atoms with E-state index in [9.17, 15) is 4.79 Å². The molecule has 0 aliphatic carbocycles. The lowest BCUT2D eigenvalue weighted by Crippen LogP contribution is -2.21. The van der Waals surface area contributed by atoms with Crippen LogP contribution >= 0.6 is 11.3 Å². The van der Waals surface area contributed by atoms with Crippen molar-refractivity contribution in [2.45, 2.75) is 32.8 Å². The number of aryl methyl sites for hydroxylation is 1. The van der Waals surface area contributed by atoms with Gasteiger partial charge in [0.25, 0.3) is 0 Å². The number of hydrogen-bond donors (Lipinski definition) is 1. The van der Waals surface area contributed by atoms with Gasteiger partial charge in [-0.2, -0.15) is 0 Å². The van der Waals surface area contributed by atoms with Crippen LogP contribution in [-0.4, -0.2) is 19.1 Å². The van der Waals surface area contributed by atoms with Crippen molar-refractivity contribution in [2.24, 2.45) is 0 Å². The van der Waals surface area contributed by atoms with Crippen molar-refractivity contribution in [3.8, 4) is 5.75 Å². The Morgan fingerprint density at radius 1 is 1.43 bits per heavy atom. The Kier molecular flexibility index (Phi) is 4.98. The molecule has 3 rings (SSSR count). The maximum Gasteiger partial charge on any atom is 0.227 e. The van der Waals surface area contributed by atoms with Crippen LogP contribution in [-0.2, 0) is 16.0 Å². The molecular weight excluding hydrogens is 310 g/mol. The summed E-state index contributed by atoms with van der Waals surface area (Å²) in [5.41, 5.74) is 3.12. The van der Waals surface area contributed by atoms with E-state index < -0.39 is 0 Å². The first-order valence-electron chi connectivity index (χ1n) is 7.88. The normalized spacial score (nSPS) is 16.7. The second-order valence-corrected chi connectivity index (χ2v) is 6.53. The van der Waals surface area contributed by atoms with E-state index in [1.807, 2.05) is 32.0 Å². The molecule has 0 saturated heterocycles. The highest BCUT2D eigenvalue weighted by atomic mass is 32.1. The zero-order valence-corrected chi connectivity index (χ0v) is 14.2. The first-order chi connectivity index (χ1) is 11.2. The molecule has 2 heterocycles. The molecule has 4 nitrogen and oxygen atoms in total. The largest absolute Gasteiger partial charge is 0.494 e. The second kappa shape index (κ2) is 7.15. The van der Waals surface area contributed by atoms with E-state index in [2.05, 4.69) is 16.8 Å². The third-order valence-corrected chi connectivity index (χ3v) is 4.94. The Morgan fingerprint density at radius 3 is 3.09 bits per heavy atom. The fourth-order valence-electron chi connectivity index (χ4n) is 2.80. The van der Waals surface area contributed by atoms with Crippen LogP contribution in [0.25, 0.3) is 0 Å². The van der Waals surface area contributed by atoms with Crippen LogP contribution in [0.5, 0.6) is 5.75 Å². The number of amides is 1. The molecular formula is C18H21NO3S. The van der Waals surface area contributed by atoms with Crippen LogP contribution in [0.15, 0.2) is 29.6 Å². The lowest BCUT2D eigenvalue weighted by atomic mass is 10.1. The number of rotatable bonds is 5. The van der Waals surface area contributed by atoms with E-state index in [0.717, 1.165) is 23.4 Å². The number of hydrogen-bond acceptors (Lipinski definition) is 4. The topological polar surface area (TPSA) is 47.6 Å². The molecule has 1 aromatic heterocycles. The molecule has 0 spiro atoms. The summed E-state index contributed by atoms with van der Waals surface area (Å²) in [5.74, 6) is 0.823. The summed E-state index contributed by atoms with van der Waals surface area (Å²) in [7, 11) is 0. The van der Waals surface area contributed by atoms with Gasteiger partial charge < -0.3 is 14.8 Å². The van der Waals surface area contributed by atoms with E-state index in [4.69, 9.17) is 9.47 Å². The lowest BCUT2D eigenvalue weighted by molar-refractivity contribution is -0.119. The monoisotopic (exact) mass is 331 g/mol. The first kappa shape index (κ1) is 16.0. The highest BCUT2D eigenvalue weighted by Gasteiger charge is 2.24. The molecule has 1 atom stereocenters. The van der Waals surface area contributed by atoms with Crippen molar-refractivity contribution in [1.29, 1.82) is 0 Å². The quantitative estimate of drug-likeness (QED) is 0.897. The van der Waals surface area contributed by atoms with E-state index >= 15 is 0 Å². The van der Waals surface area contributed by atoms with Gasteiger partial charge in [0, 0.05) is 10.6 Å². The number of nitrogens with one attached hydrogen (secondary N) is 1. The zero-order valence-electron chi connectivity index (χ0n) is 13.4. The van der Waals surface area contributed by atoms with Gasteiger partial charge in [-0.25, -0.2) is 0 Å². The van der Waals surface area contributed by atoms with Gasteiger partial charge >= 0.3 is 0 Å². The molecule has 122 valence electrons. The van der Waals surface area contributed by atoms with Crippen LogP contribution in [0.1, 0.15) is 35.5 Å². The predicted octanol–water partition coefficient (Wildman–Crippen LogP) is 4.10. The summed E-state index contributed by atoms with van der Waals surface area (Å²) in [6.07, 6.45) is 1.16. The summed E-state index contributed by atoms with van der Waals surface area (Å²) in [5, 5.41) is 5.02. The van der Waals surface area contributed by atoms with Crippen molar-refractivity contribution in [2.75, 3.05) is 18.5 Å².